The lowest BCUT2D eigenvalue weighted by atomic mass is 10.2. The molecule has 128 valence electrons. The number of amides is 1. The third-order valence-electron chi connectivity index (χ3n) is 3.52. The van der Waals surface area contributed by atoms with Crippen molar-refractivity contribution in [3.05, 3.63) is 54.0 Å². The van der Waals surface area contributed by atoms with Crippen molar-refractivity contribution < 1.29 is 9.18 Å². The first-order valence-corrected chi connectivity index (χ1v) is 8.53. The summed E-state index contributed by atoms with van der Waals surface area (Å²) >= 11 is 1.25. The molecule has 6 nitrogen and oxygen atoms in total. The number of anilines is 1. The highest BCUT2D eigenvalue weighted by atomic mass is 32.2. The molecule has 3 rings (SSSR count). The van der Waals surface area contributed by atoms with Crippen LogP contribution < -0.4 is 5.32 Å². The zero-order chi connectivity index (χ0) is 17.8. The molecule has 8 heteroatoms. The summed E-state index contributed by atoms with van der Waals surface area (Å²) in [7, 11) is 1.82. The van der Waals surface area contributed by atoms with Gasteiger partial charge >= 0.3 is 0 Å². The minimum Gasteiger partial charge on any atom is -0.325 e. The van der Waals surface area contributed by atoms with Crippen LogP contribution in [0.1, 0.15) is 5.56 Å². The maximum absolute atomic E-state index is 13.5. The fourth-order valence-electron chi connectivity index (χ4n) is 2.16. The number of thioether (sulfide) groups is 1. The van der Waals surface area contributed by atoms with Gasteiger partial charge in [0.1, 0.15) is 11.5 Å². The smallest absolute Gasteiger partial charge is 0.234 e. The predicted octanol–water partition coefficient (Wildman–Crippen LogP) is 3.06. The average molecular weight is 357 g/mol. The molecule has 25 heavy (non-hydrogen) atoms. The van der Waals surface area contributed by atoms with E-state index in [1.54, 1.807) is 29.8 Å². The molecule has 0 aliphatic heterocycles. The molecule has 0 saturated carbocycles. The van der Waals surface area contributed by atoms with Crippen LogP contribution in [0.3, 0.4) is 0 Å². The van der Waals surface area contributed by atoms with Gasteiger partial charge in [0.05, 0.1) is 5.75 Å². The van der Waals surface area contributed by atoms with Gasteiger partial charge in [0.15, 0.2) is 11.0 Å². The summed E-state index contributed by atoms with van der Waals surface area (Å²) in [5, 5.41) is 11.5. The summed E-state index contributed by atoms with van der Waals surface area (Å²) in [6.07, 6.45) is 1.69. The van der Waals surface area contributed by atoms with Crippen molar-refractivity contribution >= 4 is 23.4 Å². The maximum Gasteiger partial charge on any atom is 0.234 e. The molecule has 0 bridgehead atoms. The second-order valence-electron chi connectivity index (χ2n) is 5.38. The fraction of sp³-hybridized carbons (Fsp3) is 0.176. The van der Waals surface area contributed by atoms with Gasteiger partial charge < -0.3 is 9.88 Å². The number of aromatic nitrogens is 4. The normalized spacial score (nSPS) is 10.7. The van der Waals surface area contributed by atoms with E-state index in [1.807, 2.05) is 25.2 Å². The third-order valence-corrected chi connectivity index (χ3v) is 4.54. The number of nitrogens with one attached hydrogen (secondary N) is 1. The highest BCUT2D eigenvalue weighted by Gasteiger charge is 2.13. The summed E-state index contributed by atoms with van der Waals surface area (Å²) in [5.74, 6) is 0.183. The van der Waals surface area contributed by atoms with Gasteiger partial charge in [-0.3, -0.25) is 9.78 Å². The van der Waals surface area contributed by atoms with E-state index in [-0.39, 0.29) is 17.5 Å². The Morgan fingerprint density at radius 1 is 1.28 bits per heavy atom. The molecule has 0 atom stereocenters. The lowest BCUT2D eigenvalue weighted by Crippen LogP contribution is -2.14. The number of benzene rings is 1. The van der Waals surface area contributed by atoms with Gasteiger partial charge in [0.2, 0.25) is 5.91 Å². The fourth-order valence-corrected chi connectivity index (χ4v) is 2.87. The molecule has 1 amide bonds. The van der Waals surface area contributed by atoms with E-state index in [2.05, 4.69) is 20.5 Å². The molecular formula is C17H16FN5OS. The van der Waals surface area contributed by atoms with Crippen molar-refractivity contribution in [2.24, 2.45) is 7.05 Å². The number of carbonyl (C=O) groups is 1. The molecule has 0 radical (unpaired) electrons. The number of rotatable bonds is 5. The van der Waals surface area contributed by atoms with Crippen molar-refractivity contribution in [2.45, 2.75) is 12.1 Å². The number of aryl methyl sites for hydroxylation is 1. The quantitative estimate of drug-likeness (QED) is 0.711. The van der Waals surface area contributed by atoms with Crippen molar-refractivity contribution in [3.8, 4) is 11.5 Å². The highest BCUT2D eigenvalue weighted by molar-refractivity contribution is 7.99. The van der Waals surface area contributed by atoms with Gasteiger partial charge in [-0.15, -0.1) is 10.2 Å². The highest BCUT2D eigenvalue weighted by Crippen LogP contribution is 2.21. The van der Waals surface area contributed by atoms with Crippen LogP contribution in [0.4, 0.5) is 10.1 Å². The number of nitrogens with zero attached hydrogens (tertiary/aromatic N) is 4. The minimum absolute atomic E-state index is 0.143. The maximum atomic E-state index is 13.5. The number of hydrogen-bond acceptors (Lipinski definition) is 5. The van der Waals surface area contributed by atoms with E-state index in [0.29, 0.717) is 27.9 Å². The molecule has 0 aliphatic carbocycles. The Bertz CT molecular complexity index is 897. The number of halogens is 1. The Kier molecular flexibility index (Phi) is 5.08. The molecule has 0 spiro atoms. The van der Waals surface area contributed by atoms with Crippen LogP contribution in [0.15, 0.2) is 47.8 Å². The molecule has 0 fully saturated rings. The van der Waals surface area contributed by atoms with Crippen LogP contribution in [0.25, 0.3) is 11.5 Å². The monoisotopic (exact) mass is 357 g/mol. The Labute approximate surface area is 148 Å². The lowest BCUT2D eigenvalue weighted by molar-refractivity contribution is -0.113. The van der Waals surface area contributed by atoms with Crippen LogP contribution in [0.5, 0.6) is 0 Å². The molecular weight excluding hydrogens is 341 g/mol. The first kappa shape index (κ1) is 17.1. The average Bonchev–Trinajstić information content (AvgIpc) is 2.98. The third kappa shape index (κ3) is 4.03. The van der Waals surface area contributed by atoms with Gasteiger partial charge in [-0.2, -0.15) is 0 Å². The largest absolute Gasteiger partial charge is 0.325 e. The summed E-state index contributed by atoms with van der Waals surface area (Å²) in [4.78, 5) is 16.3. The zero-order valence-corrected chi connectivity index (χ0v) is 14.5. The van der Waals surface area contributed by atoms with Crippen LogP contribution in [0.2, 0.25) is 0 Å². The molecule has 2 heterocycles. The number of hydrogen-bond donors (Lipinski definition) is 1. The molecule has 0 unspecified atom stereocenters. The Morgan fingerprint density at radius 3 is 2.84 bits per heavy atom. The van der Waals surface area contributed by atoms with E-state index in [1.165, 1.54) is 17.8 Å². The first-order chi connectivity index (χ1) is 12.0. The number of pyridine rings is 1. The van der Waals surface area contributed by atoms with Crippen molar-refractivity contribution in [1.29, 1.82) is 0 Å². The second-order valence-corrected chi connectivity index (χ2v) is 6.32. The first-order valence-electron chi connectivity index (χ1n) is 7.54. The Hall–Kier alpha value is -2.74. The van der Waals surface area contributed by atoms with E-state index in [9.17, 15) is 9.18 Å². The van der Waals surface area contributed by atoms with Crippen LogP contribution in [-0.4, -0.2) is 31.4 Å². The topological polar surface area (TPSA) is 72.7 Å². The standard InChI is InChI=1S/C17H16FN5OS/c1-11-6-7-12(9-13(11)18)20-15(24)10-25-17-22-21-16(23(17)2)14-5-3-4-8-19-14/h3-9H,10H2,1-2H3,(H,20,24). The van der Waals surface area contributed by atoms with Gasteiger partial charge in [0.25, 0.3) is 0 Å². The van der Waals surface area contributed by atoms with E-state index in [4.69, 9.17) is 0 Å². The van der Waals surface area contributed by atoms with Gasteiger partial charge in [0, 0.05) is 18.9 Å². The van der Waals surface area contributed by atoms with Crippen LogP contribution in [-0.2, 0) is 11.8 Å². The van der Waals surface area contributed by atoms with E-state index < -0.39 is 0 Å². The molecule has 1 aromatic carbocycles. The van der Waals surface area contributed by atoms with Gasteiger partial charge in [-0.05, 0) is 36.8 Å². The molecule has 1 N–H and O–H groups in total. The van der Waals surface area contributed by atoms with Crippen molar-refractivity contribution in [3.63, 3.8) is 0 Å². The van der Waals surface area contributed by atoms with E-state index >= 15 is 0 Å². The number of carbonyl (C=O) groups excluding carboxylic acids is 1. The SMILES string of the molecule is Cc1ccc(NC(=O)CSc2nnc(-c3ccccn3)n2C)cc1F. The van der Waals surface area contributed by atoms with Crippen LogP contribution >= 0.6 is 11.8 Å². The summed E-state index contributed by atoms with van der Waals surface area (Å²) in [6.45, 7) is 1.67. The Balaban J connectivity index is 1.63. The lowest BCUT2D eigenvalue weighted by Gasteiger charge is -2.06. The summed E-state index contributed by atoms with van der Waals surface area (Å²) < 4.78 is 15.3. The molecule has 0 aliphatic rings. The molecule has 2 aromatic heterocycles. The molecule has 3 aromatic rings. The van der Waals surface area contributed by atoms with Crippen molar-refractivity contribution in [1.82, 2.24) is 19.7 Å². The summed E-state index contributed by atoms with van der Waals surface area (Å²) in [6, 6.07) is 10.1. The minimum atomic E-state index is -0.348. The van der Waals surface area contributed by atoms with Crippen LogP contribution in [0, 0.1) is 12.7 Å². The Morgan fingerprint density at radius 2 is 2.12 bits per heavy atom. The van der Waals surface area contributed by atoms with Crippen molar-refractivity contribution in [2.75, 3.05) is 11.1 Å². The van der Waals surface area contributed by atoms with Gasteiger partial charge in [-0.1, -0.05) is 23.9 Å². The predicted molar refractivity (Wildman–Crippen MR) is 94.7 cm³/mol. The van der Waals surface area contributed by atoms with E-state index in [0.717, 1.165) is 0 Å². The second kappa shape index (κ2) is 7.43. The zero-order valence-electron chi connectivity index (χ0n) is 13.7. The van der Waals surface area contributed by atoms with Gasteiger partial charge in [-0.25, -0.2) is 4.39 Å². The molecule has 0 saturated heterocycles. The summed E-state index contributed by atoms with van der Waals surface area (Å²) in [5.41, 5.74) is 1.68.